The number of carboxylic acids is 1. The molecule has 0 spiro atoms. The molecular weight excluding hydrogens is 335 g/mol. The van der Waals surface area contributed by atoms with Crippen LogP contribution in [-0.4, -0.2) is 23.7 Å². The maximum absolute atomic E-state index is 11.6. The SMILES string of the molecule is CCOC(=O)c1cc(CCC(=O)O)ccc1I. The number of rotatable bonds is 5. The number of hydrogen-bond acceptors (Lipinski definition) is 3. The Bertz CT molecular complexity index is 429. The van der Waals surface area contributed by atoms with Gasteiger partial charge in [-0.25, -0.2) is 4.79 Å². The Morgan fingerprint density at radius 2 is 2.12 bits per heavy atom. The fraction of sp³-hybridized carbons (Fsp3) is 0.333. The van der Waals surface area contributed by atoms with Gasteiger partial charge in [0.2, 0.25) is 0 Å². The third-order valence-electron chi connectivity index (χ3n) is 2.15. The van der Waals surface area contributed by atoms with E-state index in [0.29, 0.717) is 18.6 Å². The molecule has 1 rings (SSSR count). The second-order valence-electron chi connectivity index (χ2n) is 3.43. The molecule has 0 amide bonds. The number of halogens is 1. The first-order valence-corrected chi connectivity index (χ1v) is 6.29. The van der Waals surface area contributed by atoms with E-state index >= 15 is 0 Å². The van der Waals surface area contributed by atoms with E-state index in [1.807, 2.05) is 6.07 Å². The molecule has 0 saturated carbocycles. The molecule has 0 aromatic heterocycles. The minimum Gasteiger partial charge on any atom is -0.481 e. The monoisotopic (exact) mass is 348 g/mol. The number of benzene rings is 1. The summed E-state index contributed by atoms with van der Waals surface area (Å²) in [6.07, 6.45) is 0.474. The molecule has 0 saturated heterocycles. The van der Waals surface area contributed by atoms with Crippen molar-refractivity contribution in [3.63, 3.8) is 0 Å². The molecule has 0 unspecified atom stereocenters. The highest BCUT2D eigenvalue weighted by Crippen LogP contribution is 2.16. The summed E-state index contributed by atoms with van der Waals surface area (Å²) in [5.41, 5.74) is 1.33. The molecule has 0 aliphatic rings. The molecule has 0 fully saturated rings. The van der Waals surface area contributed by atoms with Crippen molar-refractivity contribution >= 4 is 34.5 Å². The van der Waals surface area contributed by atoms with Crippen molar-refractivity contribution in [3.05, 3.63) is 32.9 Å². The number of esters is 1. The number of hydrogen-bond donors (Lipinski definition) is 1. The molecule has 0 radical (unpaired) electrons. The summed E-state index contributed by atoms with van der Waals surface area (Å²) in [7, 11) is 0. The first-order valence-electron chi connectivity index (χ1n) is 5.22. The van der Waals surface area contributed by atoms with Crippen LogP contribution in [0.25, 0.3) is 0 Å². The first kappa shape index (κ1) is 14.0. The first-order chi connectivity index (χ1) is 8.04. The normalized spacial score (nSPS) is 10.0. The van der Waals surface area contributed by atoms with Gasteiger partial charge in [-0.3, -0.25) is 4.79 Å². The van der Waals surface area contributed by atoms with Gasteiger partial charge in [0, 0.05) is 9.99 Å². The predicted molar refractivity (Wildman–Crippen MR) is 71.1 cm³/mol. The molecule has 0 aliphatic carbocycles. The number of aryl methyl sites for hydroxylation is 1. The van der Waals surface area contributed by atoms with Crippen molar-refractivity contribution in [1.82, 2.24) is 0 Å². The van der Waals surface area contributed by atoms with Crippen LogP contribution in [0.5, 0.6) is 0 Å². The van der Waals surface area contributed by atoms with E-state index in [1.54, 1.807) is 19.1 Å². The maximum Gasteiger partial charge on any atom is 0.339 e. The largest absolute Gasteiger partial charge is 0.481 e. The molecule has 0 bridgehead atoms. The number of carbonyl (C=O) groups is 2. The summed E-state index contributed by atoms with van der Waals surface area (Å²) >= 11 is 2.06. The van der Waals surface area contributed by atoms with Gasteiger partial charge in [0.05, 0.1) is 12.2 Å². The van der Waals surface area contributed by atoms with Crippen LogP contribution in [0.3, 0.4) is 0 Å². The summed E-state index contributed by atoms with van der Waals surface area (Å²) in [6, 6.07) is 5.32. The van der Waals surface area contributed by atoms with Gasteiger partial charge in [0.15, 0.2) is 0 Å². The fourth-order valence-corrected chi connectivity index (χ4v) is 1.90. The Morgan fingerprint density at radius 1 is 1.41 bits per heavy atom. The number of aliphatic carboxylic acids is 1. The molecule has 1 N–H and O–H groups in total. The van der Waals surface area contributed by atoms with E-state index in [2.05, 4.69) is 22.6 Å². The Hall–Kier alpha value is -1.11. The van der Waals surface area contributed by atoms with Gasteiger partial charge in [-0.1, -0.05) is 6.07 Å². The molecule has 92 valence electrons. The lowest BCUT2D eigenvalue weighted by Crippen LogP contribution is -2.08. The van der Waals surface area contributed by atoms with Crippen molar-refractivity contribution in [2.75, 3.05) is 6.61 Å². The van der Waals surface area contributed by atoms with Crippen LogP contribution in [0.15, 0.2) is 18.2 Å². The molecule has 1 aromatic rings. The topological polar surface area (TPSA) is 63.6 Å². The lowest BCUT2D eigenvalue weighted by Gasteiger charge is -2.06. The van der Waals surface area contributed by atoms with Crippen LogP contribution in [0.2, 0.25) is 0 Å². The number of carboxylic acid groups (broad SMARTS) is 1. The quantitative estimate of drug-likeness (QED) is 0.656. The van der Waals surface area contributed by atoms with Gasteiger partial charge < -0.3 is 9.84 Å². The maximum atomic E-state index is 11.6. The van der Waals surface area contributed by atoms with Crippen LogP contribution in [0.4, 0.5) is 0 Å². The lowest BCUT2D eigenvalue weighted by atomic mass is 10.1. The number of ether oxygens (including phenoxy) is 1. The third-order valence-corrected chi connectivity index (χ3v) is 3.09. The predicted octanol–water partition coefficient (Wildman–Crippen LogP) is 2.49. The zero-order valence-electron chi connectivity index (χ0n) is 9.40. The van der Waals surface area contributed by atoms with Crippen LogP contribution in [0, 0.1) is 3.57 Å². The summed E-state index contributed by atoms with van der Waals surface area (Å²) in [6.45, 7) is 2.08. The summed E-state index contributed by atoms with van der Waals surface area (Å²) in [4.78, 5) is 22.1. The molecule has 5 heteroatoms. The van der Waals surface area contributed by atoms with Gasteiger partial charge in [-0.05, 0) is 53.6 Å². The van der Waals surface area contributed by atoms with E-state index in [0.717, 1.165) is 9.13 Å². The Balaban J connectivity index is 2.86. The molecular formula is C12H13IO4. The zero-order valence-corrected chi connectivity index (χ0v) is 11.6. The van der Waals surface area contributed by atoms with Crippen molar-refractivity contribution in [1.29, 1.82) is 0 Å². The van der Waals surface area contributed by atoms with Gasteiger partial charge >= 0.3 is 11.9 Å². The number of carbonyl (C=O) groups excluding carboxylic acids is 1. The second-order valence-corrected chi connectivity index (χ2v) is 4.59. The Labute approximate surface area is 113 Å². The van der Waals surface area contributed by atoms with Crippen molar-refractivity contribution in [2.24, 2.45) is 0 Å². The van der Waals surface area contributed by atoms with Crippen LogP contribution >= 0.6 is 22.6 Å². The van der Waals surface area contributed by atoms with E-state index < -0.39 is 5.97 Å². The van der Waals surface area contributed by atoms with E-state index in [-0.39, 0.29) is 12.4 Å². The highest BCUT2D eigenvalue weighted by molar-refractivity contribution is 14.1. The van der Waals surface area contributed by atoms with E-state index in [4.69, 9.17) is 9.84 Å². The molecule has 0 heterocycles. The minimum absolute atomic E-state index is 0.0584. The summed E-state index contributed by atoms with van der Waals surface area (Å²) < 4.78 is 5.73. The average Bonchev–Trinajstić information content (AvgIpc) is 2.28. The smallest absolute Gasteiger partial charge is 0.339 e. The van der Waals surface area contributed by atoms with E-state index in [1.165, 1.54) is 0 Å². The third kappa shape index (κ3) is 4.33. The van der Waals surface area contributed by atoms with Crippen LogP contribution in [-0.2, 0) is 16.0 Å². The molecule has 4 nitrogen and oxygen atoms in total. The van der Waals surface area contributed by atoms with Gasteiger partial charge in [-0.15, -0.1) is 0 Å². The standard InChI is InChI=1S/C12H13IO4/c1-2-17-12(16)9-7-8(3-5-10(9)13)4-6-11(14)15/h3,5,7H,2,4,6H2,1H3,(H,14,15). The molecule has 17 heavy (non-hydrogen) atoms. The second kappa shape index (κ2) is 6.58. The zero-order chi connectivity index (χ0) is 12.8. The average molecular weight is 348 g/mol. The summed E-state index contributed by atoms with van der Waals surface area (Å²) in [5.74, 6) is -1.21. The van der Waals surface area contributed by atoms with Crippen LogP contribution < -0.4 is 0 Å². The highest BCUT2D eigenvalue weighted by atomic mass is 127. The molecule has 1 aromatic carbocycles. The van der Waals surface area contributed by atoms with Crippen molar-refractivity contribution in [2.45, 2.75) is 19.8 Å². The molecule has 0 atom stereocenters. The van der Waals surface area contributed by atoms with Crippen molar-refractivity contribution < 1.29 is 19.4 Å². The van der Waals surface area contributed by atoms with E-state index in [9.17, 15) is 9.59 Å². The minimum atomic E-state index is -0.846. The van der Waals surface area contributed by atoms with Crippen LogP contribution in [0.1, 0.15) is 29.3 Å². The fourth-order valence-electron chi connectivity index (χ4n) is 1.34. The highest BCUT2D eigenvalue weighted by Gasteiger charge is 2.12. The van der Waals surface area contributed by atoms with Gasteiger partial charge in [0.1, 0.15) is 0 Å². The van der Waals surface area contributed by atoms with Gasteiger partial charge in [0.25, 0.3) is 0 Å². The van der Waals surface area contributed by atoms with Gasteiger partial charge in [-0.2, -0.15) is 0 Å². The molecule has 0 aliphatic heterocycles. The lowest BCUT2D eigenvalue weighted by molar-refractivity contribution is -0.136. The Kier molecular flexibility index (Phi) is 5.40. The van der Waals surface area contributed by atoms with Crippen molar-refractivity contribution in [3.8, 4) is 0 Å². The summed E-state index contributed by atoms with van der Waals surface area (Å²) in [5, 5.41) is 8.60. The Morgan fingerprint density at radius 3 is 2.71 bits per heavy atom.